The summed E-state index contributed by atoms with van der Waals surface area (Å²) < 4.78 is 6.07. The predicted octanol–water partition coefficient (Wildman–Crippen LogP) is 9.81. The number of carbonyl (C=O) groups is 2. The first-order valence-corrected chi connectivity index (χ1v) is 16.9. The number of Topliss-reactive ketones (excluding diaryl/α,β-unsaturated/α-hetero) is 2. The van der Waals surface area contributed by atoms with Crippen molar-refractivity contribution in [2.24, 2.45) is 5.92 Å². The number of hydrogen-bond donors (Lipinski definition) is 2. The number of carbonyl (C=O) groups excluding carboxylic acids is 2. The van der Waals surface area contributed by atoms with E-state index in [-0.39, 0.29) is 28.4 Å². The fourth-order valence-corrected chi connectivity index (χ4v) is 7.92. The highest BCUT2D eigenvalue weighted by atomic mass is 32.2. The van der Waals surface area contributed by atoms with E-state index in [0.717, 1.165) is 33.1 Å². The van der Waals surface area contributed by atoms with Crippen molar-refractivity contribution in [2.75, 3.05) is 0 Å². The van der Waals surface area contributed by atoms with Crippen LogP contribution in [0.3, 0.4) is 0 Å². The monoisotopic (exact) mass is 642 g/mol. The van der Waals surface area contributed by atoms with E-state index >= 15 is 0 Å². The van der Waals surface area contributed by atoms with E-state index in [1.54, 1.807) is 36.0 Å². The van der Waals surface area contributed by atoms with Gasteiger partial charge in [0.05, 0.1) is 16.9 Å². The summed E-state index contributed by atoms with van der Waals surface area (Å²) in [5, 5.41) is 16.2. The molecule has 0 saturated carbocycles. The van der Waals surface area contributed by atoms with Crippen LogP contribution in [0.2, 0.25) is 0 Å². The molecule has 0 amide bonds. The number of fused-ring (bicyclic) bond motifs is 2. The average Bonchev–Trinajstić information content (AvgIpc) is 3.07. The lowest BCUT2D eigenvalue weighted by atomic mass is 9.71. The maximum absolute atomic E-state index is 12.4. The molecule has 0 bridgehead atoms. The van der Waals surface area contributed by atoms with Crippen molar-refractivity contribution in [1.29, 1.82) is 10.8 Å². The summed E-state index contributed by atoms with van der Waals surface area (Å²) in [4.78, 5) is 26.5. The number of hydrogen-bond acceptors (Lipinski definition) is 7. The fraction of sp³-hybridized carbons (Fsp3) is 0.179. The maximum Gasteiger partial charge on any atom is 0.211 e. The van der Waals surface area contributed by atoms with E-state index < -0.39 is 0 Å². The first-order valence-electron chi connectivity index (χ1n) is 15.2. The van der Waals surface area contributed by atoms with Gasteiger partial charge in [-0.2, -0.15) is 0 Å². The van der Waals surface area contributed by atoms with E-state index in [9.17, 15) is 9.59 Å². The van der Waals surface area contributed by atoms with Crippen LogP contribution in [-0.2, 0) is 11.2 Å². The molecule has 46 heavy (non-hydrogen) atoms. The molecule has 0 aromatic heterocycles. The van der Waals surface area contributed by atoms with Crippen molar-refractivity contribution in [3.8, 4) is 5.75 Å². The predicted molar refractivity (Wildman–Crippen MR) is 191 cm³/mol. The van der Waals surface area contributed by atoms with Crippen LogP contribution in [-0.4, -0.2) is 23.0 Å². The molecule has 0 aliphatic heterocycles. The summed E-state index contributed by atoms with van der Waals surface area (Å²) in [5.41, 5.74) is 6.19. The van der Waals surface area contributed by atoms with Gasteiger partial charge in [-0.25, -0.2) is 0 Å². The van der Waals surface area contributed by atoms with Gasteiger partial charge in [-0.3, -0.25) is 20.4 Å². The van der Waals surface area contributed by atoms with Gasteiger partial charge in [0.1, 0.15) is 17.2 Å². The summed E-state index contributed by atoms with van der Waals surface area (Å²) >= 11 is 2.82. The molecular weight excluding hydrogens is 609 g/mol. The van der Waals surface area contributed by atoms with Crippen molar-refractivity contribution in [3.05, 3.63) is 148 Å². The molecule has 5 nitrogen and oxygen atoms in total. The van der Waals surface area contributed by atoms with Crippen LogP contribution in [0, 0.1) is 16.7 Å². The fourth-order valence-electron chi connectivity index (χ4n) is 6.14. The highest BCUT2D eigenvalue weighted by molar-refractivity contribution is 8.07. The highest BCUT2D eigenvalue weighted by Crippen LogP contribution is 2.41. The van der Waals surface area contributed by atoms with Crippen LogP contribution >= 0.6 is 23.8 Å². The van der Waals surface area contributed by atoms with E-state index in [2.05, 4.69) is 57.2 Å². The van der Waals surface area contributed by atoms with Gasteiger partial charge in [0, 0.05) is 32.8 Å². The quantitative estimate of drug-likeness (QED) is 0.168. The molecule has 2 N–H and O–H groups in total. The number of thioether (sulfide) groups is 1. The second kappa shape index (κ2) is 13.1. The number of rotatable bonds is 10. The minimum absolute atomic E-state index is 0.0319. The molecule has 0 saturated heterocycles. The topological polar surface area (TPSA) is 91.1 Å². The first kappa shape index (κ1) is 31.5. The molecule has 7 heteroatoms. The van der Waals surface area contributed by atoms with E-state index in [4.69, 9.17) is 15.0 Å². The number of benzene rings is 4. The Balaban J connectivity index is 1.16. The Labute approximate surface area is 278 Å². The van der Waals surface area contributed by atoms with Gasteiger partial charge in [-0.1, -0.05) is 106 Å². The van der Waals surface area contributed by atoms with Crippen LogP contribution in [0.1, 0.15) is 75.7 Å². The molecule has 6 rings (SSSR count). The average molecular weight is 643 g/mol. The summed E-state index contributed by atoms with van der Waals surface area (Å²) in [6, 6.07) is 31.9. The van der Waals surface area contributed by atoms with Crippen LogP contribution in [0.25, 0.3) is 9.81 Å². The molecule has 0 spiro atoms. The zero-order valence-electron chi connectivity index (χ0n) is 25.9. The van der Waals surface area contributed by atoms with Gasteiger partial charge in [-0.05, 0) is 58.9 Å². The lowest BCUT2D eigenvalue weighted by molar-refractivity contribution is 0.105. The Morgan fingerprint density at radius 3 is 1.70 bits per heavy atom. The van der Waals surface area contributed by atoms with Crippen LogP contribution in [0.4, 0.5) is 0 Å². The third kappa shape index (κ3) is 6.30. The highest BCUT2D eigenvalue weighted by Gasteiger charge is 2.30. The van der Waals surface area contributed by atoms with Crippen LogP contribution in [0.15, 0.2) is 109 Å². The first-order chi connectivity index (χ1) is 22.1. The minimum atomic E-state index is -0.271. The Kier molecular flexibility index (Phi) is 8.98. The third-order valence-corrected chi connectivity index (χ3v) is 10.4. The molecule has 4 aromatic rings. The zero-order valence-corrected chi connectivity index (χ0v) is 27.6. The number of ketones is 2. The molecule has 0 heterocycles. The van der Waals surface area contributed by atoms with Gasteiger partial charge in [0.25, 0.3) is 0 Å². The molecule has 2 aliphatic rings. The molecule has 230 valence electrons. The molecule has 4 aromatic carbocycles. The molecule has 0 radical (unpaired) electrons. The minimum Gasteiger partial charge on any atom is -0.421 e. The van der Waals surface area contributed by atoms with Crippen molar-refractivity contribution in [1.82, 2.24) is 0 Å². The van der Waals surface area contributed by atoms with Gasteiger partial charge < -0.3 is 4.18 Å². The Morgan fingerprint density at radius 2 is 1.15 bits per heavy atom. The molecular formula is C39H34N2O3S2. The van der Waals surface area contributed by atoms with Crippen molar-refractivity contribution < 1.29 is 13.8 Å². The Bertz CT molecular complexity index is 1790. The van der Waals surface area contributed by atoms with Gasteiger partial charge in [0.2, 0.25) is 11.6 Å². The van der Waals surface area contributed by atoms with Gasteiger partial charge in [-0.15, -0.1) is 11.8 Å². The summed E-state index contributed by atoms with van der Waals surface area (Å²) in [7, 11) is 0. The van der Waals surface area contributed by atoms with E-state index in [1.807, 2.05) is 48.5 Å². The second-order valence-corrected chi connectivity index (χ2v) is 14.0. The van der Waals surface area contributed by atoms with E-state index in [0.29, 0.717) is 22.8 Å². The smallest absolute Gasteiger partial charge is 0.211 e. The van der Waals surface area contributed by atoms with Crippen LogP contribution in [0.5, 0.6) is 5.75 Å². The zero-order chi connectivity index (χ0) is 32.4. The van der Waals surface area contributed by atoms with Gasteiger partial charge in [0.15, 0.2) is 0 Å². The van der Waals surface area contributed by atoms with Crippen molar-refractivity contribution in [2.45, 2.75) is 38.4 Å². The SMILES string of the molecule is CC(C)CC(C)(c1ccc(CSC2=CC(=N)C(=O)c3ccccc32)cc1)c1ccc(OSC2=CC(=N)C(=O)c3ccccc32)cc1. The summed E-state index contributed by atoms with van der Waals surface area (Å²) in [6.45, 7) is 6.78. The Hall–Kier alpha value is -4.46. The Morgan fingerprint density at radius 1 is 0.674 bits per heavy atom. The summed E-state index contributed by atoms with van der Waals surface area (Å²) in [5.74, 6) is 1.41. The number of nitrogens with one attached hydrogen (secondary N) is 2. The normalized spacial score (nSPS) is 15.6. The maximum atomic E-state index is 12.4. The van der Waals surface area contributed by atoms with E-state index in [1.165, 1.54) is 28.7 Å². The number of allylic oxidation sites excluding steroid dienone is 2. The second-order valence-electron chi connectivity index (χ2n) is 12.2. The summed E-state index contributed by atoms with van der Waals surface area (Å²) in [6.07, 6.45) is 4.23. The molecule has 0 fully saturated rings. The van der Waals surface area contributed by atoms with Gasteiger partial charge >= 0.3 is 0 Å². The van der Waals surface area contributed by atoms with Crippen molar-refractivity contribution in [3.63, 3.8) is 0 Å². The van der Waals surface area contributed by atoms with Crippen LogP contribution < -0.4 is 4.18 Å². The lowest BCUT2D eigenvalue weighted by Crippen LogP contribution is -2.25. The van der Waals surface area contributed by atoms with Crippen molar-refractivity contribution >= 4 is 56.6 Å². The molecule has 1 unspecified atom stereocenters. The lowest BCUT2D eigenvalue weighted by Gasteiger charge is -2.33. The standard InChI is InChI=1S/C39H34N2O3S2/c1-24(2)22-39(3,26-14-12-25(13-15-26)23-45-35-20-33(40)37(42)31-10-6-4-8-29(31)35)27-16-18-28(19-17-27)44-46-36-21-34(41)38(43)32-11-7-5-9-30(32)36/h4-21,24,40-41H,22-23H2,1-3H3. The molecule has 2 aliphatic carbocycles. The third-order valence-electron chi connectivity index (χ3n) is 8.44. The molecule has 1 atom stereocenters. The largest absolute Gasteiger partial charge is 0.421 e.